The normalized spacial score (nSPS) is 17.0. The molecule has 0 radical (unpaired) electrons. The van der Waals surface area contributed by atoms with Crippen molar-refractivity contribution in [2.24, 2.45) is 0 Å². The highest BCUT2D eigenvalue weighted by atomic mass is 19.1. The predicted octanol–water partition coefficient (Wildman–Crippen LogP) is 2.15. The zero-order valence-electron chi connectivity index (χ0n) is 13.4. The number of carbonyl (C=O) groups excluding carboxylic acids is 2. The molecule has 0 N–H and O–H groups in total. The highest BCUT2D eigenvalue weighted by molar-refractivity contribution is 5.93. The van der Waals surface area contributed by atoms with Crippen molar-refractivity contribution in [1.29, 1.82) is 0 Å². The van der Waals surface area contributed by atoms with Crippen molar-refractivity contribution in [3.63, 3.8) is 0 Å². The van der Waals surface area contributed by atoms with Gasteiger partial charge in [-0.1, -0.05) is 30.3 Å². The highest BCUT2D eigenvalue weighted by Crippen LogP contribution is 2.27. The Labute approximate surface area is 138 Å². The standard InChI is InChI=1S/C17H17FN2O4/c1-11(13-6-4-3-5-7-13)20-10-19-15(18)14(20)16(22)24-17(12(2)21)8-23-9-17/h3-7,10-11H,8-9H2,1-2H3/t11-/m1/s1. The fourth-order valence-electron chi connectivity index (χ4n) is 2.56. The molecule has 2 heterocycles. The molecule has 1 aliphatic heterocycles. The van der Waals surface area contributed by atoms with E-state index in [2.05, 4.69) is 4.98 Å². The molecule has 1 saturated heterocycles. The van der Waals surface area contributed by atoms with E-state index >= 15 is 0 Å². The summed E-state index contributed by atoms with van der Waals surface area (Å²) in [4.78, 5) is 27.8. The quantitative estimate of drug-likeness (QED) is 0.785. The molecule has 0 bridgehead atoms. The lowest BCUT2D eigenvalue weighted by Crippen LogP contribution is -2.58. The summed E-state index contributed by atoms with van der Waals surface area (Å²) in [5.74, 6) is -2.18. The first-order valence-electron chi connectivity index (χ1n) is 7.54. The first-order valence-corrected chi connectivity index (χ1v) is 7.54. The number of rotatable bonds is 5. The van der Waals surface area contributed by atoms with Gasteiger partial charge in [0.25, 0.3) is 0 Å². The molecule has 24 heavy (non-hydrogen) atoms. The molecule has 0 spiro atoms. The van der Waals surface area contributed by atoms with Gasteiger partial charge in [0.1, 0.15) is 0 Å². The van der Waals surface area contributed by atoms with E-state index in [1.54, 1.807) is 0 Å². The Morgan fingerprint density at radius 1 is 1.33 bits per heavy atom. The van der Waals surface area contributed by atoms with Crippen molar-refractivity contribution >= 4 is 11.8 Å². The molecule has 1 atom stereocenters. The summed E-state index contributed by atoms with van der Waals surface area (Å²) in [5.41, 5.74) is -0.745. The van der Waals surface area contributed by atoms with Crippen LogP contribution in [0, 0.1) is 5.95 Å². The maximum absolute atomic E-state index is 14.1. The van der Waals surface area contributed by atoms with Gasteiger partial charge < -0.3 is 14.0 Å². The number of hydrogen-bond acceptors (Lipinski definition) is 5. The highest BCUT2D eigenvalue weighted by Gasteiger charge is 2.48. The van der Waals surface area contributed by atoms with Crippen LogP contribution >= 0.6 is 0 Å². The van der Waals surface area contributed by atoms with Crippen LogP contribution in [-0.4, -0.2) is 40.1 Å². The van der Waals surface area contributed by atoms with Gasteiger partial charge >= 0.3 is 5.97 Å². The molecular formula is C17H17FN2O4. The molecule has 3 rings (SSSR count). The van der Waals surface area contributed by atoms with Crippen LogP contribution in [-0.2, 0) is 14.3 Å². The molecule has 0 saturated carbocycles. The molecule has 7 heteroatoms. The number of halogens is 1. The summed E-state index contributed by atoms with van der Waals surface area (Å²) in [7, 11) is 0. The zero-order chi connectivity index (χ0) is 17.3. The molecule has 0 aliphatic carbocycles. The minimum absolute atomic E-state index is 0.0158. The Morgan fingerprint density at radius 3 is 2.54 bits per heavy atom. The van der Waals surface area contributed by atoms with Crippen LogP contribution in [0.1, 0.15) is 35.9 Å². The Balaban J connectivity index is 1.90. The number of imidazole rings is 1. The van der Waals surface area contributed by atoms with E-state index in [4.69, 9.17) is 9.47 Å². The number of nitrogens with zero attached hydrogens (tertiary/aromatic N) is 2. The third-order valence-electron chi connectivity index (χ3n) is 4.24. The van der Waals surface area contributed by atoms with Crippen molar-refractivity contribution in [1.82, 2.24) is 9.55 Å². The Morgan fingerprint density at radius 2 is 2.00 bits per heavy atom. The maximum atomic E-state index is 14.1. The van der Waals surface area contributed by atoms with Crippen molar-refractivity contribution in [3.8, 4) is 0 Å². The largest absolute Gasteiger partial charge is 0.441 e. The summed E-state index contributed by atoms with van der Waals surface area (Å²) in [6, 6.07) is 8.99. The summed E-state index contributed by atoms with van der Waals surface area (Å²) < 4.78 is 25.7. The van der Waals surface area contributed by atoms with E-state index in [0.29, 0.717) is 0 Å². The van der Waals surface area contributed by atoms with Gasteiger partial charge in [-0.15, -0.1) is 0 Å². The van der Waals surface area contributed by atoms with Crippen LogP contribution in [0.4, 0.5) is 4.39 Å². The van der Waals surface area contributed by atoms with Gasteiger partial charge in [0.05, 0.1) is 25.6 Å². The Kier molecular flexibility index (Phi) is 4.19. The predicted molar refractivity (Wildman–Crippen MR) is 82.1 cm³/mol. The van der Waals surface area contributed by atoms with Gasteiger partial charge in [-0.25, -0.2) is 9.78 Å². The minimum Gasteiger partial charge on any atom is -0.441 e. The van der Waals surface area contributed by atoms with E-state index in [-0.39, 0.29) is 30.7 Å². The van der Waals surface area contributed by atoms with Crippen LogP contribution in [0.5, 0.6) is 0 Å². The van der Waals surface area contributed by atoms with Crippen LogP contribution in [0.15, 0.2) is 36.7 Å². The van der Waals surface area contributed by atoms with Gasteiger partial charge in [0.15, 0.2) is 11.5 Å². The Bertz CT molecular complexity index is 768. The lowest BCUT2D eigenvalue weighted by atomic mass is 9.97. The molecule has 1 aromatic carbocycles. The monoisotopic (exact) mass is 332 g/mol. The van der Waals surface area contributed by atoms with Gasteiger partial charge in [-0.2, -0.15) is 4.39 Å². The second kappa shape index (κ2) is 6.16. The molecule has 1 aliphatic rings. The Hall–Kier alpha value is -2.54. The average molecular weight is 332 g/mol. The lowest BCUT2D eigenvalue weighted by molar-refractivity contribution is -0.188. The number of Topliss-reactive ketones (excluding diaryl/α,β-unsaturated/α-hetero) is 1. The van der Waals surface area contributed by atoms with E-state index in [1.807, 2.05) is 37.3 Å². The number of hydrogen-bond donors (Lipinski definition) is 0. The third kappa shape index (κ3) is 2.71. The molecule has 1 fully saturated rings. The van der Waals surface area contributed by atoms with Crippen LogP contribution in [0.3, 0.4) is 0 Å². The van der Waals surface area contributed by atoms with E-state index in [0.717, 1.165) is 5.56 Å². The van der Waals surface area contributed by atoms with E-state index in [1.165, 1.54) is 17.8 Å². The smallest absolute Gasteiger partial charge is 0.361 e. The van der Waals surface area contributed by atoms with Crippen molar-refractivity contribution in [2.45, 2.75) is 25.5 Å². The van der Waals surface area contributed by atoms with Gasteiger partial charge in [0, 0.05) is 0 Å². The van der Waals surface area contributed by atoms with Crippen molar-refractivity contribution < 1.29 is 23.5 Å². The lowest BCUT2D eigenvalue weighted by Gasteiger charge is -2.38. The number of esters is 1. The first-order chi connectivity index (χ1) is 11.4. The molecule has 2 aromatic rings. The molecule has 6 nitrogen and oxygen atoms in total. The van der Waals surface area contributed by atoms with Crippen LogP contribution in [0.25, 0.3) is 0 Å². The summed E-state index contributed by atoms with van der Waals surface area (Å²) in [5, 5.41) is 0. The van der Waals surface area contributed by atoms with Gasteiger partial charge in [-0.05, 0) is 19.4 Å². The first kappa shape index (κ1) is 16.3. The van der Waals surface area contributed by atoms with Crippen molar-refractivity contribution in [3.05, 3.63) is 53.9 Å². The minimum atomic E-state index is -1.32. The fourth-order valence-corrected chi connectivity index (χ4v) is 2.56. The topological polar surface area (TPSA) is 70.4 Å². The third-order valence-corrected chi connectivity index (χ3v) is 4.24. The van der Waals surface area contributed by atoms with Crippen LogP contribution < -0.4 is 0 Å². The number of ether oxygens (including phenoxy) is 2. The number of ketones is 1. The van der Waals surface area contributed by atoms with E-state index < -0.39 is 17.5 Å². The molecular weight excluding hydrogens is 315 g/mol. The van der Waals surface area contributed by atoms with Crippen LogP contribution in [0.2, 0.25) is 0 Å². The number of benzene rings is 1. The van der Waals surface area contributed by atoms with Gasteiger partial charge in [0.2, 0.25) is 11.5 Å². The van der Waals surface area contributed by atoms with E-state index in [9.17, 15) is 14.0 Å². The summed E-state index contributed by atoms with van der Waals surface area (Å²) >= 11 is 0. The second-order valence-corrected chi connectivity index (χ2v) is 5.81. The maximum Gasteiger partial charge on any atom is 0.361 e. The second-order valence-electron chi connectivity index (χ2n) is 5.81. The number of aromatic nitrogens is 2. The van der Waals surface area contributed by atoms with Gasteiger partial charge in [-0.3, -0.25) is 4.79 Å². The summed E-state index contributed by atoms with van der Waals surface area (Å²) in [6.45, 7) is 3.10. The molecule has 0 amide bonds. The average Bonchev–Trinajstić information content (AvgIpc) is 2.92. The summed E-state index contributed by atoms with van der Waals surface area (Å²) in [6.07, 6.45) is 1.25. The SMILES string of the molecule is CC(=O)C1(OC(=O)c2c(F)ncn2[C@H](C)c2ccccc2)COC1. The fraction of sp³-hybridized carbons (Fsp3) is 0.353. The zero-order valence-corrected chi connectivity index (χ0v) is 13.4. The molecule has 0 unspecified atom stereocenters. The van der Waals surface area contributed by atoms with Crippen molar-refractivity contribution in [2.75, 3.05) is 13.2 Å². The number of carbonyl (C=O) groups is 2. The molecule has 1 aromatic heterocycles. The molecule has 126 valence electrons.